The number of carbonyl (C=O) groups is 2. The predicted molar refractivity (Wildman–Crippen MR) is 95.2 cm³/mol. The van der Waals surface area contributed by atoms with Crippen molar-refractivity contribution in [2.45, 2.75) is 44.2 Å². The van der Waals surface area contributed by atoms with Gasteiger partial charge in [0.05, 0.1) is 11.5 Å². The van der Waals surface area contributed by atoms with Crippen molar-refractivity contribution in [1.82, 2.24) is 4.90 Å². The molecule has 3 rings (SSSR count). The summed E-state index contributed by atoms with van der Waals surface area (Å²) in [7, 11) is 0. The third-order valence-electron chi connectivity index (χ3n) is 5.26. The second-order valence-corrected chi connectivity index (χ2v) is 7.25. The Morgan fingerprint density at radius 3 is 2.77 bits per heavy atom. The molecule has 0 radical (unpaired) electrons. The maximum Gasteiger partial charge on any atom is 0.320 e. The van der Waals surface area contributed by atoms with E-state index in [0.717, 1.165) is 25.7 Å². The van der Waals surface area contributed by atoms with Crippen LogP contribution in [0.5, 0.6) is 0 Å². The molecule has 3 atom stereocenters. The third kappa shape index (κ3) is 3.81. The van der Waals surface area contributed by atoms with Crippen LogP contribution in [0.4, 0.5) is 11.4 Å². The highest BCUT2D eigenvalue weighted by molar-refractivity contribution is 6.32. The number of nitro groups is 1. The second-order valence-electron chi connectivity index (χ2n) is 6.85. The number of hydrogen-bond donors (Lipinski definition) is 2. The second kappa shape index (κ2) is 7.59. The first-order valence-electron chi connectivity index (χ1n) is 8.59. The van der Waals surface area contributed by atoms with E-state index in [1.54, 1.807) is 4.90 Å². The van der Waals surface area contributed by atoms with Crippen molar-refractivity contribution >= 4 is 34.9 Å². The lowest BCUT2D eigenvalue weighted by atomic mass is 9.85. The van der Waals surface area contributed by atoms with E-state index in [9.17, 15) is 24.8 Å². The van der Waals surface area contributed by atoms with Crippen molar-refractivity contribution in [3.8, 4) is 0 Å². The van der Waals surface area contributed by atoms with Gasteiger partial charge in [-0.15, -0.1) is 0 Å². The Bertz CT molecular complexity index is 741. The third-order valence-corrected chi connectivity index (χ3v) is 5.58. The van der Waals surface area contributed by atoms with Crippen LogP contribution in [0.1, 0.15) is 32.1 Å². The first-order chi connectivity index (χ1) is 12.4. The topological polar surface area (TPSA) is 113 Å². The number of benzene rings is 1. The molecular formula is C17H20ClN3O5. The number of amides is 1. The number of fused-ring (bicyclic) bond motifs is 1. The lowest BCUT2D eigenvalue weighted by Gasteiger charge is -2.32. The van der Waals surface area contributed by atoms with Gasteiger partial charge in [0.1, 0.15) is 11.1 Å². The normalized spacial score (nSPS) is 25.5. The van der Waals surface area contributed by atoms with Gasteiger partial charge in [-0.2, -0.15) is 0 Å². The predicted octanol–water partition coefficient (Wildman–Crippen LogP) is 2.90. The lowest BCUT2D eigenvalue weighted by Crippen LogP contribution is -2.46. The van der Waals surface area contributed by atoms with Crippen molar-refractivity contribution in [3.63, 3.8) is 0 Å². The van der Waals surface area contributed by atoms with Gasteiger partial charge in [-0.25, -0.2) is 0 Å². The van der Waals surface area contributed by atoms with Crippen molar-refractivity contribution in [2.75, 3.05) is 11.9 Å². The van der Waals surface area contributed by atoms with E-state index >= 15 is 0 Å². The van der Waals surface area contributed by atoms with Gasteiger partial charge in [0.25, 0.3) is 5.69 Å². The van der Waals surface area contributed by atoms with Gasteiger partial charge < -0.3 is 10.4 Å². The van der Waals surface area contributed by atoms with Gasteiger partial charge in [-0.05, 0) is 37.3 Å². The molecule has 0 spiro atoms. The van der Waals surface area contributed by atoms with Crippen LogP contribution in [0.2, 0.25) is 5.02 Å². The fourth-order valence-electron chi connectivity index (χ4n) is 4.12. The Labute approximate surface area is 155 Å². The summed E-state index contributed by atoms with van der Waals surface area (Å²) >= 11 is 5.77. The van der Waals surface area contributed by atoms with Crippen LogP contribution >= 0.6 is 11.6 Å². The fourth-order valence-corrected chi connectivity index (χ4v) is 4.31. The molecule has 2 fully saturated rings. The minimum absolute atomic E-state index is 0.0106. The number of carbonyl (C=O) groups excluding carboxylic acids is 1. The zero-order valence-electron chi connectivity index (χ0n) is 14.1. The van der Waals surface area contributed by atoms with Gasteiger partial charge in [-0.3, -0.25) is 24.6 Å². The molecule has 1 saturated carbocycles. The number of nitro benzene ring substituents is 1. The summed E-state index contributed by atoms with van der Waals surface area (Å²) in [4.78, 5) is 36.1. The standard InChI is InChI=1S/C17H20ClN3O5/c18-12-6-5-11(8-14(12)21(25)26)19-16(22)9-20-13-4-2-1-3-10(13)7-15(20)17(23)24/h5-6,8,10,13,15H,1-4,7,9H2,(H,19,22)(H,23,24). The molecule has 0 aromatic heterocycles. The van der Waals surface area contributed by atoms with E-state index in [4.69, 9.17) is 11.6 Å². The molecule has 1 heterocycles. The molecule has 1 aromatic carbocycles. The van der Waals surface area contributed by atoms with Crippen LogP contribution in [0.3, 0.4) is 0 Å². The number of aliphatic carboxylic acids is 1. The molecule has 1 aliphatic heterocycles. The van der Waals surface area contributed by atoms with Crippen LogP contribution in [0.15, 0.2) is 18.2 Å². The summed E-state index contributed by atoms with van der Waals surface area (Å²) in [5, 5.41) is 23.0. The zero-order chi connectivity index (χ0) is 18.8. The molecule has 8 nitrogen and oxygen atoms in total. The molecule has 9 heteroatoms. The molecule has 1 aliphatic carbocycles. The smallest absolute Gasteiger partial charge is 0.320 e. The van der Waals surface area contributed by atoms with E-state index in [1.165, 1.54) is 18.2 Å². The van der Waals surface area contributed by atoms with Crippen LogP contribution in [-0.2, 0) is 9.59 Å². The summed E-state index contributed by atoms with van der Waals surface area (Å²) in [6.45, 7) is -0.0471. The molecule has 1 amide bonds. The van der Waals surface area contributed by atoms with E-state index in [1.807, 2.05) is 0 Å². The van der Waals surface area contributed by atoms with Crippen LogP contribution in [-0.4, -0.2) is 45.4 Å². The van der Waals surface area contributed by atoms with Crippen molar-refractivity contribution in [3.05, 3.63) is 33.3 Å². The van der Waals surface area contributed by atoms with Gasteiger partial charge in [0, 0.05) is 17.8 Å². The number of carboxylic acids is 1. The van der Waals surface area contributed by atoms with Crippen molar-refractivity contribution in [1.29, 1.82) is 0 Å². The number of rotatable bonds is 5. The average molecular weight is 382 g/mol. The molecule has 1 aromatic rings. The van der Waals surface area contributed by atoms with E-state index in [-0.39, 0.29) is 34.9 Å². The lowest BCUT2D eigenvalue weighted by molar-refractivity contribution is -0.384. The maximum atomic E-state index is 12.4. The minimum Gasteiger partial charge on any atom is -0.480 e. The zero-order valence-corrected chi connectivity index (χ0v) is 14.8. The Hall–Kier alpha value is -2.19. The van der Waals surface area contributed by atoms with E-state index < -0.39 is 16.9 Å². The number of nitrogens with zero attached hydrogens (tertiary/aromatic N) is 2. The van der Waals surface area contributed by atoms with E-state index in [2.05, 4.69) is 5.32 Å². The summed E-state index contributed by atoms with van der Waals surface area (Å²) < 4.78 is 0. The van der Waals surface area contributed by atoms with Gasteiger partial charge >= 0.3 is 5.97 Å². The summed E-state index contributed by atoms with van der Waals surface area (Å²) in [5.41, 5.74) is -0.0289. The Morgan fingerprint density at radius 1 is 1.35 bits per heavy atom. The minimum atomic E-state index is -0.908. The van der Waals surface area contributed by atoms with Crippen molar-refractivity contribution < 1.29 is 19.6 Å². The monoisotopic (exact) mass is 381 g/mol. The van der Waals surface area contributed by atoms with Crippen LogP contribution in [0.25, 0.3) is 0 Å². The van der Waals surface area contributed by atoms with Crippen molar-refractivity contribution in [2.24, 2.45) is 5.92 Å². The van der Waals surface area contributed by atoms with Gasteiger partial charge in [0.15, 0.2) is 0 Å². The number of carboxylic acid groups (broad SMARTS) is 1. The molecule has 2 aliphatic rings. The number of nitrogens with one attached hydrogen (secondary N) is 1. The number of hydrogen-bond acceptors (Lipinski definition) is 5. The molecule has 2 N–H and O–H groups in total. The van der Waals surface area contributed by atoms with Crippen LogP contribution in [0, 0.1) is 16.0 Å². The Kier molecular flexibility index (Phi) is 5.43. The first kappa shape index (κ1) is 18.6. The Morgan fingerprint density at radius 2 is 2.08 bits per heavy atom. The average Bonchev–Trinajstić information content (AvgIpc) is 2.95. The van der Waals surface area contributed by atoms with Crippen LogP contribution < -0.4 is 5.32 Å². The van der Waals surface area contributed by atoms with Gasteiger partial charge in [0.2, 0.25) is 5.91 Å². The van der Waals surface area contributed by atoms with Gasteiger partial charge in [-0.1, -0.05) is 24.4 Å². The molecule has 140 valence electrons. The molecule has 0 bridgehead atoms. The summed E-state index contributed by atoms with van der Waals surface area (Å²) in [6.07, 6.45) is 4.60. The first-order valence-corrected chi connectivity index (χ1v) is 8.97. The largest absolute Gasteiger partial charge is 0.480 e. The SMILES string of the molecule is O=C(CN1C(C(=O)O)CC2CCCCC21)Nc1ccc(Cl)c([N+](=O)[O-])c1. The number of halogens is 1. The highest BCUT2D eigenvalue weighted by Crippen LogP contribution is 2.39. The highest BCUT2D eigenvalue weighted by Gasteiger charge is 2.45. The fraction of sp³-hybridized carbons (Fsp3) is 0.529. The number of likely N-dealkylation sites (tertiary alicyclic amines) is 1. The number of anilines is 1. The molecule has 3 unspecified atom stereocenters. The molecule has 1 saturated heterocycles. The molecule has 26 heavy (non-hydrogen) atoms. The Balaban J connectivity index is 1.71. The summed E-state index contributed by atoms with van der Waals surface area (Å²) in [6, 6.07) is 3.48. The van der Waals surface area contributed by atoms with E-state index in [0.29, 0.717) is 12.3 Å². The molecular weight excluding hydrogens is 362 g/mol. The highest BCUT2D eigenvalue weighted by atomic mass is 35.5. The maximum absolute atomic E-state index is 12.4. The quantitative estimate of drug-likeness (QED) is 0.599. The summed E-state index contributed by atoms with van der Waals surface area (Å²) in [5.74, 6) is -0.984.